The van der Waals surface area contributed by atoms with Crippen molar-refractivity contribution in [1.29, 1.82) is 0 Å². The Labute approximate surface area is 307 Å². The molecular formula is C42H70N2O7. The third-order valence-electron chi connectivity index (χ3n) is 17.7. The first-order valence-electron chi connectivity index (χ1n) is 20.8. The molecule has 0 aromatic heterocycles. The molecule has 0 radical (unpaired) electrons. The molecule has 9 nitrogen and oxygen atoms in total. The Bertz CT molecular complexity index is 1340. The highest BCUT2D eigenvalue weighted by Gasteiger charge is 2.84. The highest BCUT2D eigenvalue weighted by molar-refractivity contribution is 5.66. The molecule has 8 fully saturated rings. The fraction of sp³-hybridized carbons (Fsp3) is 0.976. The highest BCUT2D eigenvalue weighted by Crippen LogP contribution is 2.89. The van der Waals surface area contributed by atoms with Crippen LogP contribution >= 0.6 is 0 Å². The SMILES string of the molecule is CC(=O)O[C@@H](C1C[C@@H](C)[C@H]2C(O1)[C@H](O)[C@@]1(C)C3CC[C@H]4C(C)(C)[C@@H](O[C@H]5CN(C6CCN(C)CC6)CCO5)CCC45CC35CC[C@]21C)C(C)(C)O. The first kappa shape index (κ1) is 37.1. The minimum absolute atomic E-state index is 0.0482. The maximum atomic E-state index is 12.6. The van der Waals surface area contributed by atoms with Crippen molar-refractivity contribution in [2.24, 2.45) is 50.7 Å². The Morgan fingerprint density at radius 3 is 2.33 bits per heavy atom. The van der Waals surface area contributed by atoms with Crippen LogP contribution in [0.25, 0.3) is 0 Å². The van der Waals surface area contributed by atoms with Gasteiger partial charge in [0.05, 0.1) is 36.6 Å². The van der Waals surface area contributed by atoms with Crippen molar-refractivity contribution in [1.82, 2.24) is 9.80 Å². The number of carbonyl (C=O) groups excluding carboxylic acids is 1. The summed E-state index contributed by atoms with van der Waals surface area (Å²) in [6.07, 6.45) is 9.35. The van der Waals surface area contributed by atoms with Gasteiger partial charge in [0.15, 0.2) is 12.4 Å². The van der Waals surface area contributed by atoms with Crippen LogP contribution in [0.4, 0.5) is 0 Å². The third-order valence-corrected chi connectivity index (χ3v) is 17.7. The van der Waals surface area contributed by atoms with Gasteiger partial charge in [0.1, 0.15) is 0 Å². The molecule has 0 aromatic rings. The molecular weight excluding hydrogens is 644 g/mol. The number of piperidine rings is 1. The normalized spacial score (nSPS) is 50.6. The number of aliphatic hydroxyl groups excluding tert-OH is 1. The number of likely N-dealkylation sites (tertiary alicyclic amines) is 1. The van der Waals surface area contributed by atoms with Crippen molar-refractivity contribution in [2.45, 2.75) is 168 Å². The molecule has 3 heterocycles. The summed E-state index contributed by atoms with van der Waals surface area (Å²) in [6.45, 7) is 22.0. The van der Waals surface area contributed by atoms with Gasteiger partial charge >= 0.3 is 5.97 Å². The minimum Gasteiger partial charge on any atom is -0.457 e. The predicted octanol–water partition coefficient (Wildman–Crippen LogP) is 5.64. The second-order valence-electron chi connectivity index (χ2n) is 20.7. The Morgan fingerprint density at radius 2 is 1.65 bits per heavy atom. The van der Waals surface area contributed by atoms with Gasteiger partial charge in [-0.1, -0.05) is 34.6 Å². The monoisotopic (exact) mass is 715 g/mol. The van der Waals surface area contributed by atoms with Gasteiger partial charge in [-0.3, -0.25) is 9.69 Å². The average Bonchev–Trinajstić information content (AvgIpc) is 3.69. The molecule has 0 bridgehead atoms. The number of aliphatic hydroxyl groups is 2. The zero-order valence-electron chi connectivity index (χ0n) is 33.3. The van der Waals surface area contributed by atoms with E-state index in [1.54, 1.807) is 13.8 Å². The third kappa shape index (κ3) is 5.34. The van der Waals surface area contributed by atoms with Crippen LogP contribution in [0.3, 0.4) is 0 Å². The predicted molar refractivity (Wildman–Crippen MR) is 195 cm³/mol. The van der Waals surface area contributed by atoms with E-state index >= 15 is 0 Å². The number of ether oxygens (including phenoxy) is 4. The Balaban J connectivity index is 0.999. The van der Waals surface area contributed by atoms with E-state index in [4.69, 9.17) is 18.9 Å². The quantitative estimate of drug-likeness (QED) is 0.339. The lowest BCUT2D eigenvalue weighted by Crippen LogP contribution is -2.60. The molecule has 290 valence electrons. The number of hydrogen-bond donors (Lipinski definition) is 2. The van der Waals surface area contributed by atoms with Gasteiger partial charge in [0.25, 0.3) is 0 Å². The Hall–Kier alpha value is -0.810. The first-order valence-corrected chi connectivity index (χ1v) is 20.8. The molecule has 2 spiro atoms. The van der Waals surface area contributed by atoms with E-state index in [2.05, 4.69) is 51.5 Å². The van der Waals surface area contributed by atoms with Crippen LogP contribution in [0, 0.1) is 50.7 Å². The van der Waals surface area contributed by atoms with E-state index in [9.17, 15) is 15.0 Å². The molecule has 5 unspecified atom stereocenters. The topological polar surface area (TPSA) is 101 Å². The van der Waals surface area contributed by atoms with E-state index < -0.39 is 29.9 Å². The summed E-state index contributed by atoms with van der Waals surface area (Å²) in [5.74, 6) is 1.15. The minimum atomic E-state index is -1.25. The van der Waals surface area contributed by atoms with Crippen molar-refractivity contribution in [2.75, 3.05) is 39.8 Å². The van der Waals surface area contributed by atoms with Crippen LogP contribution in [0.5, 0.6) is 0 Å². The smallest absolute Gasteiger partial charge is 0.303 e. The standard InChI is InChI=1S/C42H70N2O7/c1-25-22-28(36(38(5,6)47)49-26(2)45)50-34-33(25)39(7)16-17-42-24-41(42)15-12-31(37(3,4)29(41)10-11-30(42)40(39,8)35(34)46)51-32-23-44(20-21-48-32)27-13-18-43(9)19-14-27/h25,27-36,46-47H,10-24H2,1-9H3/t25-,28?,29+,30?,31+,32+,33+,34?,35+,36+,39-,40-,41?,42?/m1/s1. The first-order chi connectivity index (χ1) is 23.9. The number of esters is 1. The second-order valence-corrected chi connectivity index (χ2v) is 20.7. The van der Waals surface area contributed by atoms with Crippen LogP contribution in [0.2, 0.25) is 0 Å². The van der Waals surface area contributed by atoms with E-state index in [1.807, 2.05) is 0 Å². The van der Waals surface area contributed by atoms with Crippen LogP contribution in [-0.4, -0.2) is 114 Å². The molecule has 2 N–H and O–H groups in total. The van der Waals surface area contributed by atoms with Crippen LogP contribution in [0.15, 0.2) is 0 Å². The molecule has 5 saturated carbocycles. The van der Waals surface area contributed by atoms with Gasteiger partial charge in [-0.05, 0) is 144 Å². The molecule has 8 rings (SSSR count). The van der Waals surface area contributed by atoms with Crippen LogP contribution < -0.4 is 0 Å². The maximum Gasteiger partial charge on any atom is 0.303 e. The van der Waals surface area contributed by atoms with E-state index in [-0.39, 0.29) is 52.0 Å². The van der Waals surface area contributed by atoms with Crippen molar-refractivity contribution < 1.29 is 34.0 Å². The average molecular weight is 715 g/mol. The number of carbonyl (C=O) groups is 1. The van der Waals surface area contributed by atoms with Gasteiger partial charge in [0.2, 0.25) is 0 Å². The summed E-state index contributed by atoms with van der Waals surface area (Å²) >= 11 is 0. The zero-order valence-corrected chi connectivity index (χ0v) is 33.3. The maximum absolute atomic E-state index is 12.6. The van der Waals surface area contributed by atoms with Gasteiger partial charge in [0, 0.05) is 31.5 Å². The molecule has 14 atom stereocenters. The molecule has 51 heavy (non-hydrogen) atoms. The molecule has 0 aromatic carbocycles. The number of morpholine rings is 1. The number of nitrogens with zero attached hydrogens (tertiary/aromatic N) is 2. The van der Waals surface area contributed by atoms with E-state index in [0.717, 1.165) is 39.0 Å². The molecule has 8 aliphatic rings. The largest absolute Gasteiger partial charge is 0.457 e. The summed E-state index contributed by atoms with van der Waals surface area (Å²) in [5.41, 5.74) is -0.920. The Kier molecular flexibility index (Phi) is 8.99. The summed E-state index contributed by atoms with van der Waals surface area (Å²) in [5, 5.41) is 23.7. The molecule has 9 heteroatoms. The Morgan fingerprint density at radius 1 is 0.961 bits per heavy atom. The summed E-state index contributed by atoms with van der Waals surface area (Å²) in [4.78, 5) is 17.2. The van der Waals surface area contributed by atoms with Crippen molar-refractivity contribution in [3.05, 3.63) is 0 Å². The number of hydrogen-bond acceptors (Lipinski definition) is 9. The lowest BCUT2D eigenvalue weighted by molar-refractivity contribution is -0.251. The number of fused-ring (bicyclic) bond motifs is 4. The van der Waals surface area contributed by atoms with Crippen LogP contribution in [0.1, 0.15) is 120 Å². The molecule has 3 saturated heterocycles. The van der Waals surface area contributed by atoms with E-state index in [0.29, 0.717) is 29.7 Å². The fourth-order valence-corrected chi connectivity index (χ4v) is 15.2. The number of rotatable bonds is 6. The zero-order chi connectivity index (χ0) is 36.5. The van der Waals surface area contributed by atoms with Crippen LogP contribution in [-0.2, 0) is 23.7 Å². The van der Waals surface area contributed by atoms with Gasteiger partial charge in [-0.2, -0.15) is 0 Å². The highest BCUT2D eigenvalue weighted by atomic mass is 16.7. The fourth-order valence-electron chi connectivity index (χ4n) is 15.2. The van der Waals surface area contributed by atoms with Gasteiger partial charge in [-0.15, -0.1) is 0 Å². The van der Waals surface area contributed by atoms with Crippen molar-refractivity contribution in [3.8, 4) is 0 Å². The van der Waals surface area contributed by atoms with Crippen molar-refractivity contribution in [3.63, 3.8) is 0 Å². The van der Waals surface area contributed by atoms with E-state index in [1.165, 1.54) is 58.5 Å². The molecule has 5 aliphatic carbocycles. The molecule has 3 aliphatic heterocycles. The summed E-state index contributed by atoms with van der Waals surface area (Å²) in [7, 11) is 2.24. The second kappa shape index (κ2) is 12.3. The summed E-state index contributed by atoms with van der Waals surface area (Å²) < 4.78 is 26.0. The lowest BCUT2D eigenvalue weighted by atomic mass is 9.41. The van der Waals surface area contributed by atoms with Gasteiger partial charge in [-0.25, -0.2) is 0 Å². The summed E-state index contributed by atoms with van der Waals surface area (Å²) in [6, 6.07) is 0.643. The van der Waals surface area contributed by atoms with Gasteiger partial charge < -0.3 is 34.1 Å². The molecule has 0 amide bonds. The lowest BCUT2D eigenvalue weighted by Gasteiger charge is -2.64. The van der Waals surface area contributed by atoms with Crippen molar-refractivity contribution >= 4 is 5.97 Å².